The molecule has 41 heavy (non-hydrogen) atoms. The molecule has 0 aliphatic heterocycles. The van der Waals surface area contributed by atoms with Crippen LogP contribution < -0.4 is 0 Å². The Morgan fingerprint density at radius 3 is 1.98 bits per heavy atom. The highest BCUT2D eigenvalue weighted by Crippen LogP contribution is 2.65. The molecule has 2 heteroatoms. The maximum atomic E-state index is 5.94. The average molecular weight is 587 g/mol. The zero-order chi connectivity index (χ0) is 29.8. The second-order valence-electron chi connectivity index (χ2n) is 18.1. The van der Waals surface area contributed by atoms with Crippen LogP contribution in [0.25, 0.3) is 0 Å². The summed E-state index contributed by atoms with van der Waals surface area (Å²) in [6.45, 7) is 23.0. The fourth-order valence-electron chi connectivity index (χ4n) is 11.8. The molecule has 0 aromatic carbocycles. The lowest BCUT2D eigenvalue weighted by molar-refractivity contribution is -0.00476. The third-order valence-electron chi connectivity index (χ3n) is 13.9. The Morgan fingerprint density at radius 1 is 0.683 bits per heavy atom. The van der Waals surface area contributed by atoms with Gasteiger partial charge in [0.15, 0.2) is 0 Å². The Hall–Kier alpha value is 0.177. The zero-order valence-corrected chi connectivity index (χ0v) is 30.5. The molecule has 0 heterocycles. The Morgan fingerprint density at radius 2 is 1.34 bits per heavy atom. The summed E-state index contributed by atoms with van der Waals surface area (Å²) in [5.74, 6) is 7.34. The van der Waals surface area contributed by atoms with Crippen LogP contribution in [0.3, 0.4) is 0 Å². The monoisotopic (exact) mass is 587 g/mol. The van der Waals surface area contributed by atoms with Gasteiger partial charge >= 0.3 is 0 Å². The summed E-state index contributed by atoms with van der Waals surface area (Å²) in [7, 11) is -1.31. The average Bonchev–Trinajstić information content (AvgIpc) is 3.53. The van der Waals surface area contributed by atoms with Crippen molar-refractivity contribution in [3.63, 3.8) is 0 Å². The second kappa shape index (κ2) is 14.5. The first-order valence-corrected chi connectivity index (χ1v) is 21.6. The van der Waals surface area contributed by atoms with Crippen LogP contribution in [-0.4, -0.2) is 20.3 Å². The maximum absolute atomic E-state index is 5.94. The van der Waals surface area contributed by atoms with Crippen LogP contribution in [0, 0.1) is 46.8 Å². The van der Waals surface area contributed by atoms with Crippen LogP contribution in [0.4, 0.5) is 0 Å². The first-order chi connectivity index (χ1) is 19.4. The van der Waals surface area contributed by atoms with Crippen molar-refractivity contribution in [1.82, 2.24) is 0 Å². The van der Waals surface area contributed by atoms with Crippen molar-refractivity contribution in [2.45, 2.75) is 194 Å². The summed E-state index contributed by atoms with van der Waals surface area (Å²) in [6, 6.07) is 3.16. The van der Waals surface area contributed by atoms with E-state index in [4.69, 9.17) is 4.74 Å². The molecule has 240 valence electrons. The molecule has 7 unspecified atom stereocenters. The molecule has 1 nitrogen and oxygen atoms in total. The third-order valence-corrected chi connectivity index (χ3v) is 21.0. The minimum atomic E-state index is -1.31. The molecule has 4 rings (SSSR count). The van der Waals surface area contributed by atoms with Gasteiger partial charge in [0.25, 0.3) is 0 Å². The van der Waals surface area contributed by atoms with Gasteiger partial charge in [0, 0.05) is 6.61 Å². The van der Waals surface area contributed by atoms with E-state index in [0.717, 1.165) is 59.1 Å². The lowest BCUT2D eigenvalue weighted by Gasteiger charge is -2.49. The minimum absolute atomic E-state index is 0.0226. The van der Waals surface area contributed by atoms with Crippen LogP contribution in [0.1, 0.15) is 165 Å². The topological polar surface area (TPSA) is 9.23 Å². The quantitative estimate of drug-likeness (QED) is 0.163. The molecular formula is C39H74OSi. The maximum Gasteiger partial charge on any atom is 0.0598 e. The van der Waals surface area contributed by atoms with Crippen molar-refractivity contribution in [2.24, 2.45) is 46.8 Å². The van der Waals surface area contributed by atoms with Crippen LogP contribution >= 0.6 is 0 Å². The number of rotatable bonds is 12. The van der Waals surface area contributed by atoms with E-state index in [2.05, 4.69) is 62.3 Å². The number of fused-ring (bicyclic) bond motifs is 1. The Labute approximate surface area is 259 Å². The summed E-state index contributed by atoms with van der Waals surface area (Å²) >= 11 is 0. The van der Waals surface area contributed by atoms with Gasteiger partial charge < -0.3 is 4.74 Å². The molecule has 0 spiro atoms. The molecule has 4 aliphatic carbocycles. The first-order valence-electron chi connectivity index (χ1n) is 19.0. The van der Waals surface area contributed by atoms with Gasteiger partial charge in [-0.3, -0.25) is 0 Å². The highest BCUT2D eigenvalue weighted by molar-refractivity contribution is 6.82. The smallest absolute Gasteiger partial charge is 0.0598 e. The third kappa shape index (κ3) is 8.26. The molecule has 4 fully saturated rings. The lowest BCUT2D eigenvalue weighted by Crippen LogP contribution is -2.47. The molecule has 4 saturated carbocycles. The van der Waals surface area contributed by atoms with Gasteiger partial charge in [0.05, 0.1) is 13.7 Å². The van der Waals surface area contributed by atoms with Crippen LogP contribution in [0.5, 0.6) is 0 Å². The number of ether oxygens (including phenoxy) is 1. The van der Waals surface area contributed by atoms with E-state index in [0.29, 0.717) is 5.41 Å². The highest BCUT2D eigenvalue weighted by atomic mass is 28.3. The van der Waals surface area contributed by atoms with E-state index in [1.807, 2.05) is 0 Å². The van der Waals surface area contributed by atoms with E-state index in [-0.39, 0.29) is 5.60 Å². The number of unbranched alkanes of at least 4 members (excludes halogenated alkanes) is 3. The van der Waals surface area contributed by atoms with E-state index >= 15 is 0 Å². The fourth-order valence-corrected chi connectivity index (χ4v) is 19.0. The molecular weight excluding hydrogens is 513 g/mol. The Balaban J connectivity index is 1.33. The Kier molecular flexibility index (Phi) is 12.1. The first kappa shape index (κ1) is 34.1. The van der Waals surface area contributed by atoms with Gasteiger partial charge in [-0.1, -0.05) is 105 Å². The SMILES string of the molecule is CC[Si](CC)(C1CCC(CCCCCCOC(C)(C)C)C1)C1C(C)CC2C(C3CCC(C(C)(C)C)CC3)CCCC21. The van der Waals surface area contributed by atoms with Crippen molar-refractivity contribution < 1.29 is 4.74 Å². The van der Waals surface area contributed by atoms with Crippen LogP contribution in [-0.2, 0) is 4.74 Å². The van der Waals surface area contributed by atoms with Gasteiger partial charge in [0.2, 0.25) is 0 Å². The van der Waals surface area contributed by atoms with E-state index in [1.165, 1.54) is 44.9 Å². The van der Waals surface area contributed by atoms with Gasteiger partial charge in [-0.25, -0.2) is 0 Å². The second-order valence-corrected chi connectivity index (χ2v) is 23.5. The largest absolute Gasteiger partial charge is 0.376 e. The van der Waals surface area contributed by atoms with Gasteiger partial charge in [-0.05, 0) is 130 Å². The summed E-state index contributed by atoms with van der Waals surface area (Å²) in [4.78, 5) is 0. The molecule has 0 radical (unpaired) electrons. The van der Waals surface area contributed by atoms with Crippen molar-refractivity contribution in [3.8, 4) is 0 Å². The number of hydrogen-bond donors (Lipinski definition) is 0. The van der Waals surface area contributed by atoms with E-state index in [9.17, 15) is 0 Å². The van der Waals surface area contributed by atoms with Gasteiger partial charge in [-0.2, -0.15) is 0 Å². The predicted molar refractivity (Wildman–Crippen MR) is 183 cm³/mol. The summed E-state index contributed by atoms with van der Waals surface area (Å²) in [5, 5.41) is 0. The normalized spacial score (nSPS) is 37.0. The summed E-state index contributed by atoms with van der Waals surface area (Å²) in [6.07, 6.45) is 24.2. The van der Waals surface area contributed by atoms with Crippen molar-refractivity contribution >= 4 is 8.07 Å². The summed E-state index contributed by atoms with van der Waals surface area (Å²) in [5.41, 5.74) is 2.81. The van der Waals surface area contributed by atoms with Crippen molar-refractivity contribution in [3.05, 3.63) is 0 Å². The molecule has 0 N–H and O–H groups in total. The molecule has 0 bridgehead atoms. The standard InChI is InChI=1S/C39H74OSi/c1-10-41(11-2,33-25-20-30(28-33)17-14-12-13-15-26-40-39(7,8)9)37-29(3)27-36-34(18-16-19-35(36)37)31-21-23-32(24-22-31)38(4,5)6/h29-37H,10-28H2,1-9H3. The predicted octanol–water partition coefficient (Wildman–Crippen LogP) is 12.7. The van der Waals surface area contributed by atoms with Crippen molar-refractivity contribution in [1.29, 1.82) is 0 Å². The Bertz CT molecular complexity index is 763. The van der Waals surface area contributed by atoms with E-state index in [1.54, 1.807) is 69.9 Å². The fraction of sp³-hybridized carbons (Fsp3) is 1.00. The van der Waals surface area contributed by atoms with Gasteiger partial charge in [-0.15, -0.1) is 0 Å². The molecule has 4 aliphatic rings. The summed E-state index contributed by atoms with van der Waals surface area (Å²) < 4.78 is 5.94. The highest BCUT2D eigenvalue weighted by Gasteiger charge is 2.57. The minimum Gasteiger partial charge on any atom is -0.376 e. The zero-order valence-electron chi connectivity index (χ0n) is 29.5. The molecule has 7 atom stereocenters. The lowest BCUT2D eigenvalue weighted by atomic mass is 9.61. The molecule has 0 aromatic rings. The number of hydrogen-bond acceptors (Lipinski definition) is 1. The van der Waals surface area contributed by atoms with Crippen LogP contribution in [0.2, 0.25) is 23.2 Å². The van der Waals surface area contributed by atoms with E-state index < -0.39 is 8.07 Å². The van der Waals surface area contributed by atoms with Gasteiger partial charge in [0.1, 0.15) is 0 Å². The molecule has 0 aromatic heterocycles. The molecule has 0 amide bonds. The molecule has 0 saturated heterocycles. The van der Waals surface area contributed by atoms with Crippen molar-refractivity contribution in [2.75, 3.05) is 6.61 Å². The van der Waals surface area contributed by atoms with Crippen LogP contribution in [0.15, 0.2) is 0 Å².